The molecule has 0 spiro atoms. The van der Waals surface area contributed by atoms with Gasteiger partial charge in [0.25, 0.3) is 0 Å². The van der Waals surface area contributed by atoms with Gasteiger partial charge in [0.15, 0.2) is 0 Å². The number of allylic oxidation sites excluding steroid dienone is 1. The van der Waals surface area contributed by atoms with Crippen molar-refractivity contribution >= 4 is 0 Å². The normalized spacial score (nSPS) is 14.0. The van der Waals surface area contributed by atoms with Crippen LogP contribution in [0, 0.1) is 5.41 Å². The Bertz CT molecular complexity index is 291. The van der Waals surface area contributed by atoms with Crippen molar-refractivity contribution in [3.8, 4) is 0 Å². The average Bonchev–Trinajstić information content (AvgIpc) is 2.22. The van der Waals surface area contributed by atoms with Crippen molar-refractivity contribution in [3.63, 3.8) is 0 Å². The van der Waals surface area contributed by atoms with Crippen LogP contribution in [0.2, 0.25) is 0 Å². The van der Waals surface area contributed by atoms with Crippen LogP contribution < -0.4 is 0 Å². The zero-order valence-corrected chi connectivity index (χ0v) is 15.0. The third-order valence-electron chi connectivity index (χ3n) is 4.56. The van der Waals surface area contributed by atoms with Gasteiger partial charge in [-0.1, -0.05) is 19.4 Å². The van der Waals surface area contributed by atoms with E-state index in [4.69, 9.17) is 0 Å². The van der Waals surface area contributed by atoms with Gasteiger partial charge in [-0.05, 0) is 79.7 Å². The molecule has 0 radical (unpaired) electrons. The standard InChI is InChI=1S/C18H37N/c1-15(2)11-12-17(6,7)13-14-18(8,9)19(10)16(3,4)5/h1,11-14H2,2-10H3. The SMILES string of the molecule is C=C(C)CCC(C)(C)CCC(C)(C)N(C)C(C)(C)C. The van der Waals surface area contributed by atoms with E-state index in [0.717, 1.165) is 6.42 Å². The molecule has 0 N–H and O–H groups in total. The summed E-state index contributed by atoms with van der Waals surface area (Å²) >= 11 is 0. The molecular weight excluding hydrogens is 230 g/mol. The number of hydrogen-bond donors (Lipinski definition) is 0. The minimum absolute atomic E-state index is 0.228. The summed E-state index contributed by atoms with van der Waals surface area (Å²) in [5.74, 6) is 0. The maximum absolute atomic E-state index is 4.02. The predicted molar refractivity (Wildman–Crippen MR) is 88.7 cm³/mol. The lowest BCUT2D eigenvalue weighted by Crippen LogP contribution is -2.51. The van der Waals surface area contributed by atoms with Gasteiger partial charge in [-0.2, -0.15) is 0 Å². The summed E-state index contributed by atoms with van der Waals surface area (Å²) in [6.07, 6.45) is 4.91. The Labute approximate surface area is 122 Å². The van der Waals surface area contributed by atoms with Gasteiger partial charge in [0.05, 0.1) is 0 Å². The second-order valence-corrected chi connectivity index (χ2v) is 8.66. The third-order valence-corrected chi connectivity index (χ3v) is 4.56. The first-order chi connectivity index (χ1) is 8.28. The molecule has 0 aliphatic rings. The maximum Gasteiger partial charge on any atom is 0.0155 e. The lowest BCUT2D eigenvalue weighted by molar-refractivity contribution is 0.0408. The van der Waals surface area contributed by atoms with E-state index in [9.17, 15) is 0 Å². The van der Waals surface area contributed by atoms with Crippen molar-refractivity contribution in [2.75, 3.05) is 7.05 Å². The second-order valence-electron chi connectivity index (χ2n) is 8.66. The van der Waals surface area contributed by atoms with Gasteiger partial charge in [-0.25, -0.2) is 0 Å². The minimum Gasteiger partial charge on any atom is -0.296 e. The Kier molecular flexibility index (Phi) is 6.33. The van der Waals surface area contributed by atoms with E-state index in [-0.39, 0.29) is 11.1 Å². The molecule has 0 atom stereocenters. The summed E-state index contributed by atoms with van der Waals surface area (Å²) in [5, 5.41) is 0. The van der Waals surface area contributed by atoms with Crippen molar-refractivity contribution < 1.29 is 0 Å². The van der Waals surface area contributed by atoms with E-state index in [0.29, 0.717) is 5.41 Å². The molecular formula is C18H37N. The van der Waals surface area contributed by atoms with Crippen LogP contribution in [-0.2, 0) is 0 Å². The third kappa shape index (κ3) is 7.15. The molecule has 0 aromatic carbocycles. The van der Waals surface area contributed by atoms with Crippen LogP contribution >= 0.6 is 0 Å². The van der Waals surface area contributed by atoms with Crippen molar-refractivity contribution in [3.05, 3.63) is 12.2 Å². The molecule has 0 aliphatic carbocycles. The average molecular weight is 268 g/mol. The zero-order chi connectivity index (χ0) is 15.5. The van der Waals surface area contributed by atoms with Gasteiger partial charge in [0.1, 0.15) is 0 Å². The van der Waals surface area contributed by atoms with Crippen LogP contribution in [0.25, 0.3) is 0 Å². The Balaban J connectivity index is 4.48. The molecule has 0 aromatic rings. The number of rotatable bonds is 7. The summed E-state index contributed by atoms with van der Waals surface area (Å²) in [5.41, 5.74) is 2.19. The summed E-state index contributed by atoms with van der Waals surface area (Å²) in [7, 11) is 2.25. The number of nitrogens with zero attached hydrogens (tertiary/aromatic N) is 1. The lowest BCUT2D eigenvalue weighted by Gasteiger charge is -2.46. The lowest BCUT2D eigenvalue weighted by atomic mass is 9.78. The highest BCUT2D eigenvalue weighted by Crippen LogP contribution is 2.35. The Morgan fingerprint density at radius 2 is 1.37 bits per heavy atom. The molecule has 0 saturated carbocycles. The second kappa shape index (κ2) is 6.43. The molecule has 0 fully saturated rings. The molecule has 0 unspecified atom stereocenters. The minimum atomic E-state index is 0.228. The van der Waals surface area contributed by atoms with E-state index >= 15 is 0 Å². The molecule has 0 saturated heterocycles. The van der Waals surface area contributed by atoms with Crippen molar-refractivity contribution in [2.45, 2.75) is 92.2 Å². The molecule has 19 heavy (non-hydrogen) atoms. The van der Waals surface area contributed by atoms with Gasteiger partial charge in [-0.15, -0.1) is 6.58 Å². The highest BCUT2D eigenvalue weighted by atomic mass is 15.2. The molecule has 0 heterocycles. The quantitative estimate of drug-likeness (QED) is 0.538. The van der Waals surface area contributed by atoms with Crippen molar-refractivity contribution in [1.29, 1.82) is 0 Å². The smallest absolute Gasteiger partial charge is 0.0155 e. The van der Waals surface area contributed by atoms with Crippen molar-refractivity contribution in [1.82, 2.24) is 4.90 Å². The van der Waals surface area contributed by atoms with Gasteiger partial charge in [-0.3, -0.25) is 4.90 Å². The van der Waals surface area contributed by atoms with Gasteiger partial charge in [0.2, 0.25) is 0 Å². The highest BCUT2D eigenvalue weighted by Gasteiger charge is 2.33. The Hall–Kier alpha value is -0.300. The van der Waals surface area contributed by atoms with Crippen molar-refractivity contribution in [2.24, 2.45) is 5.41 Å². The summed E-state index contributed by atoms with van der Waals surface area (Å²) < 4.78 is 0. The van der Waals surface area contributed by atoms with Crippen LogP contribution in [-0.4, -0.2) is 23.0 Å². The van der Waals surface area contributed by atoms with Crippen LogP contribution in [0.4, 0.5) is 0 Å². The fourth-order valence-corrected chi connectivity index (χ4v) is 2.40. The van der Waals surface area contributed by atoms with E-state index in [2.05, 4.69) is 73.9 Å². The van der Waals surface area contributed by atoms with Gasteiger partial charge >= 0.3 is 0 Å². The predicted octanol–water partition coefficient (Wildman–Crippen LogP) is 5.66. The summed E-state index contributed by atoms with van der Waals surface area (Å²) in [6, 6.07) is 0. The zero-order valence-electron chi connectivity index (χ0n) is 15.0. The van der Waals surface area contributed by atoms with Gasteiger partial charge < -0.3 is 0 Å². The highest BCUT2D eigenvalue weighted by molar-refractivity contribution is 4.92. The summed E-state index contributed by atoms with van der Waals surface area (Å²) in [4.78, 5) is 2.51. The van der Waals surface area contributed by atoms with Crippen LogP contribution in [0.1, 0.15) is 81.1 Å². The molecule has 0 rings (SSSR count). The van der Waals surface area contributed by atoms with E-state index < -0.39 is 0 Å². The first kappa shape index (κ1) is 18.7. The largest absolute Gasteiger partial charge is 0.296 e. The van der Waals surface area contributed by atoms with Crippen LogP contribution in [0.15, 0.2) is 12.2 Å². The topological polar surface area (TPSA) is 3.24 Å². The molecule has 0 aliphatic heterocycles. The molecule has 114 valence electrons. The molecule has 0 aromatic heterocycles. The van der Waals surface area contributed by atoms with Crippen LogP contribution in [0.3, 0.4) is 0 Å². The maximum atomic E-state index is 4.02. The van der Waals surface area contributed by atoms with E-state index in [1.807, 2.05) is 0 Å². The summed E-state index contributed by atoms with van der Waals surface area (Å²) in [6.45, 7) is 22.5. The van der Waals surface area contributed by atoms with Gasteiger partial charge in [0, 0.05) is 11.1 Å². The van der Waals surface area contributed by atoms with Crippen LogP contribution in [0.5, 0.6) is 0 Å². The molecule has 1 heteroatoms. The first-order valence-corrected chi connectivity index (χ1v) is 7.66. The number of hydrogen-bond acceptors (Lipinski definition) is 1. The monoisotopic (exact) mass is 267 g/mol. The molecule has 1 nitrogen and oxygen atoms in total. The van der Waals surface area contributed by atoms with E-state index in [1.165, 1.54) is 24.8 Å². The Morgan fingerprint density at radius 3 is 1.74 bits per heavy atom. The first-order valence-electron chi connectivity index (χ1n) is 7.66. The Morgan fingerprint density at radius 1 is 0.895 bits per heavy atom. The fraction of sp³-hybridized carbons (Fsp3) is 0.889. The van der Waals surface area contributed by atoms with E-state index in [1.54, 1.807) is 0 Å². The molecule has 0 bridgehead atoms. The molecule has 0 amide bonds. The fourth-order valence-electron chi connectivity index (χ4n) is 2.40.